The first kappa shape index (κ1) is 21.5. The van der Waals surface area contributed by atoms with Gasteiger partial charge in [0.1, 0.15) is 0 Å². The number of hydrogen-bond donors (Lipinski definition) is 1. The number of nitro groups is 1. The summed E-state index contributed by atoms with van der Waals surface area (Å²) in [7, 11) is 0. The van der Waals surface area contributed by atoms with Gasteiger partial charge in [0.25, 0.3) is 11.6 Å². The third-order valence-electron chi connectivity index (χ3n) is 4.66. The first-order valence-electron chi connectivity index (χ1n) is 8.92. The molecule has 0 bridgehead atoms. The average molecular weight is 445 g/mol. The number of aromatic nitrogens is 1. The van der Waals surface area contributed by atoms with Crippen molar-refractivity contribution in [2.24, 2.45) is 5.10 Å². The van der Waals surface area contributed by atoms with Gasteiger partial charge >= 0.3 is 0 Å². The van der Waals surface area contributed by atoms with E-state index in [0.717, 1.165) is 28.2 Å². The molecule has 0 radical (unpaired) electrons. The molecule has 7 nitrogen and oxygen atoms in total. The highest BCUT2D eigenvalue weighted by atomic mass is 35.5. The Bertz CT molecular complexity index is 1190. The Morgan fingerprint density at radius 3 is 2.53 bits per heavy atom. The van der Waals surface area contributed by atoms with E-state index < -0.39 is 10.8 Å². The number of hydrazone groups is 1. The molecule has 1 heterocycles. The topological polar surface area (TPSA) is 89.5 Å². The number of non-ortho nitro benzene ring substituents is 1. The van der Waals surface area contributed by atoms with Crippen molar-refractivity contribution in [1.82, 2.24) is 9.99 Å². The molecule has 0 aliphatic rings. The first-order valence-corrected chi connectivity index (χ1v) is 9.67. The van der Waals surface area contributed by atoms with Crippen molar-refractivity contribution in [2.45, 2.75) is 20.8 Å². The summed E-state index contributed by atoms with van der Waals surface area (Å²) in [5, 5.41) is 15.8. The molecule has 30 heavy (non-hydrogen) atoms. The van der Waals surface area contributed by atoms with E-state index in [9.17, 15) is 14.9 Å². The Kier molecular flexibility index (Phi) is 6.24. The number of nitro benzene ring substituents is 1. The second-order valence-electron chi connectivity index (χ2n) is 6.71. The summed E-state index contributed by atoms with van der Waals surface area (Å²) >= 11 is 11.9. The van der Waals surface area contributed by atoms with Gasteiger partial charge in [0.05, 0.1) is 27.4 Å². The smallest absolute Gasteiger partial charge is 0.272 e. The van der Waals surface area contributed by atoms with E-state index in [1.54, 1.807) is 18.2 Å². The molecule has 0 saturated carbocycles. The number of nitrogens with one attached hydrogen (secondary N) is 1. The highest BCUT2D eigenvalue weighted by molar-refractivity contribution is 6.36. The second kappa shape index (κ2) is 8.69. The maximum Gasteiger partial charge on any atom is 0.272 e. The molecular formula is C21H18Cl2N4O3. The van der Waals surface area contributed by atoms with Crippen LogP contribution in [0.4, 0.5) is 5.69 Å². The summed E-state index contributed by atoms with van der Waals surface area (Å²) in [4.78, 5) is 23.0. The lowest BCUT2D eigenvalue weighted by atomic mass is 10.1. The summed E-state index contributed by atoms with van der Waals surface area (Å²) in [6.07, 6.45) is 1.52. The lowest BCUT2D eigenvalue weighted by Crippen LogP contribution is -2.18. The minimum Gasteiger partial charge on any atom is -0.317 e. The number of nitrogens with zero attached hydrogens (tertiary/aromatic N) is 3. The Morgan fingerprint density at radius 1 is 1.13 bits per heavy atom. The highest BCUT2D eigenvalue weighted by Crippen LogP contribution is 2.26. The number of hydrogen-bond acceptors (Lipinski definition) is 4. The number of amides is 1. The van der Waals surface area contributed by atoms with Crippen LogP contribution < -0.4 is 5.43 Å². The molecule has 154 valence electrons. The van der Waals surface area contributed by atoms with Gasteiger partial charge in [-0.3, -0.25) is 14.9 Å². The van der Waals surface area contributed by atoms with Crippen molar-refractivity contribution < 1.29 is 9.72 Å². The fraction of sp³-hybridized carbons (Fsp3) is 0.143. The molecule has 9 heteroatoms. The van der Waals surface area contributed by atoms with Crippen molar-refractivity contribution in [3.63, 3.8) is 0 Å². The lowest BCUT2D eigenvalue weighted by molar-refractivity contribution is -0.384. The van der Waals surface area contributed by atoms with Gasteiger partial charge in [-0.15, -0.1) is 0 Å². The van der Waals surface area contributed by atoms with Crippen LogP contribution in [0.3, 0.4) is 0 Å². The first-order chi connectivity index (χ1) is 14.2. The Morgan fingerprint density at radius 2 is 1.87 bits per heavy atom. The molecule has 0 atom stereocenters. The fourth-order valence-corrected chi connectivity index (χ4v) is 3.63. The number of aryl methyl sites for hydroxylation is 2. The van der Waals surface area contributed by atoms with Gasteiger partial charge in [0.15, 0.2) is 0 Å². The van der Waals surface area contributed by atoms with Crippen LogP contribution in [-0.4, -0.2) is 21.6 Å². The summed E-state index contributed by atoms with van der Waals surface area (Å²) in [6.45, 7) is 5.67. The van der Waals surface area contributed by atoms with E-state index in [-0.39, 0.29) is 16.3 Å². The van der Waals surface area contributed by atoms with Crippen LogP contribution in [0.2, 0.25) is 10.0 Å². The van der Waals surface area contributed by atoms with Crippen LogP contribution in [0.5, 0.6) is 0 Å². The predicted molar refractivity (Wildman–Crippen MR) is 118 cm³/mol. The molecule has 3 rings (SSSR count). The van der Waals surface area contributed by atoms with Crippen molar-refractivity contribution >= 4 is 41.0 Å². The summed E-state index contributed by atoms with van der Waals surface area (Å²) in [6, 6.07) is 11.2. The normalized spacial score (nSPS) is 11.1. The van der Waals surface area contributed by atoms with Crippen molar-refractivity contribution in [3.05, 3.63) is 90.7 Å². The highest BCUT2D eigenvalue weighted by Gasteiger charge is 2.15. The third kappa shape index (κ3) is 4.37. The van der Waals surface area contributed by atoms with Gasteiger partial charge in [-0.2, -0.15) is 5.10 Å². The van der Waals surface area contributed by atoms with Gasteiger partial charge in [-0.25, -0.2) is 5.43 Å². The second-order valence-corrected chi connectivity index (χ2v) is 7.56. The van der Waals surface area contributed by atoms with Crippen molar-refractivity contribution in [1.29, 1.82) is 0 Å². The minimum absolute atomic E-state index is 0.0189. The van der Waals surface area contributed by atoms with Crippen molar-refractivity contribution in [3.8, 4) is 5.69 Å². The van der Waals surface area contributed by atoms with Crippen LogP contribution in [0.1, 0.15) is 32.9 Å². The molecule has 0 aliphatic carbocycles. The molecule has 1 aromatic heterocycles. The number of benzene rings is 2. The van der Waals surface area contributed by atoms with Crippen LogP contribution in [-0.2, 0) is 0 Å². The van der Waals surface area contributed by atoms with E-state index in [1.165, 1.54) is 24.4 Å². The monoisotopic (exact) mass is 444 g/mol. The maximum absolute atomic E-state index is 12.3. The molecule has 0 aliphatic heterocycles. The summed E-state index contributed by atoms with van der Waals surface area (Å²) in [5.74, 6) is -0.462. The van der Waals surface area contributed by atoms with Gasteiger partial charge in [0, 0.05) is 34.1 Å². The van der Waals surface area contributed by atoms with E-state index in [1.807, 2.05) is 31.4 Å². The quantitative estimate of drug-likeness (QED) is 0.325. The summed E-state index contributed by atoms with van der Waals surface area (Å²) in [5.41, 5.74) is 6.82. The van der Waals surface area contributed by atoms with E-state index in [0.29, 0.717) is 5.02 Å². The molecule has 1 N–H and O–H groups in total. The van der Waals surface area contributed by atoms with E-state index in [4.69, 9.17) is 23.2 Å². The van der Waals surface area contributed by atoms with E-state index in [2.05, 4.69) is 10.5 Å². The molecule has 0 saturated heterocycles. The van der Waals surface area contributed by atoms with E-state index >= 15 is 0 Å². The zero-order valence-corrected chi connectivity index (χ0v) is 18.0. The Balaban J connectivity index is 1.87. The standard InChI is InChI=1S/C21H18Cl2N4O3/c1-12-4-6-17(27(29)30)10-20(12)26-13(2)8-15(14(26)3)11-24-25-21(28)18-7-5-16(22)9-19(18)23/h4-11H,1-3H3,(H,25,28)/b24-11-. The molecule has 0 spiro atoms. The number of carbonyl (C=O) groups is 1. The molecule has 2 aromatic carbocycles. The predicted octanol–water partition coefficient (Wildman–Crippen LogP) is 5.38. The van der Waals surface area contributed by atoms with Crippen LogP contribution in [0, 0.1) is 30.9 Å². The molecule has 0 fully saturated rings. The largest absolute Gasteiger partial charge is 0.317 e. The van der Waals surface area contributed by atoms with Gasteiger partial charge in [-0.1, -0.05) is 29.3 Å². The van der Waals surface area contributed by atoms with Crippen LogP contribution >= 0.6 is 23.2 Å². The molecule has 1 amide bonds. The zero-order chi connectivity index (χ0) is 22.0. The molecule has 3 aromatic rings. The minimum atomic E-state index is -0.462. The SMILES string of the molecule is Cc1ccc([N+](=O)[O-])cc1-n1c(C)cc(/C=N\NC(=O)c2ccc(Cl)cc2Cl)c1C. The van der Waals surface area contributed by atoms with Gasteiger partial charge in [0.2, 0.25) is 0 Å². The Hall–Kier alpha value is -3.16. The lowest BCUT2D eigenvalue weighted by Gasteiger charge is -2.12. The van der Waals surface area contributed by atoms with Gasteiger partial charge < -0.3 is 4.57 Å². The van der Waals surface area contributed by atoms with Crippen LogP contribution in [0.15, 0.2) is 47.6 Å². The molecular weight excluding hydrogens is 427 g/mol. The third-order valence-corrected chi connectivity index (χ3v) is 5.21. The van der Waals surface area contributed by atoms with Crippen molar-refractivity contribution in [2.75, 3.05) is 0 Å². The van der Waals surface area contributed by atoms with Gasteiger partial charge in [-0.05, 0) is 50.6 Å². The maximum atomic E-state index is 12.3. The molecule has 0 unspecified atom stereocenters. The zero-order valence-electron chi connectivity index (χ0n) is 16.4. The van der Waals surface area contributed by atoms with Crippen LogP contribution in [0.25, 0.3) is 5.69 Å². The number of carbonyl (C=O) groups excluding carboxylic acids is 1. The average Bonchev–Trinajstić information content (AvgIpc) is 2.95. The summed E-state index contributed by atoms with van der Waals surface area (Å²) < 4.78 is 1.92. The number of halogens is 2. The fourth-order valence-electron chi connectivity index (χ4n) is 3.14. The number of rotatable bonds is 5. The Labute approximate surface area is 183 Å².